The Labute approximate surface area is 163 Å². The van der Waals surface area contributed by atoms with Crippen molar-refractivity contribution in [3.05, 3.63) is 52.7 Å². The first kappa shape index (κ1) is 21.0. The summed E-state index contributed by atoms with van der Waals surface area (Å²) >= 11 is 0. The molecule has 0 bridgehead atoms. The first-order chi connectivity index (χ1) is 12.9. The Balaban J connectivity index is 2.05. The van der Waals surface area contributed by atoms with E-state index in [2.05, 4.69) is 72.6 Å². The van der Waals surface area contributed by atoms with Gasteiger partial charge in [-0.25, -0.2) is 9.98 Å². The van der Waals surface area contributed by atoms with Crippen molar-refractivity contribution in [1.82, 2.24) is 20.5 Å². The molecule has 148 valence electrons. The molecule has 2 aromatic rings. The maximum Gasteiger partial charge on any atom is 0.214 e. The van der Waals surface area contributed by atoms with E-state index in [1.165, 1.54) is 11.1 Å². The van der Waals surface area contributed by atoms with Gasteiger partial charge in [0.15, 0.2) is 5.96 Å². The average molecular weight is 372 g/mol. The summed E-state index contributed by atoms with van der Waals surface area (Å²) in [4.78, 5) is 11.5. The molecule has 0 saturated heterocycles. The predicted octanol–water partition coefficient (Wildman–Crippen LogP) is 3.39. The number of aryl methyl sites for hydroxylation is 2. The number of hydrogen-bond acceptors (Lipinski definition) is 4. The number of aromatic nitrogens is 1. The molecule has 0 unspecified atom stereocenters. The van der Waals surface area contributed by atoms with Crippen LogP contribution in [-0.2, 0) is 19.6 Å². The van der Waals surface area contributed by atoms with E-state index in [0.717, 1.165) is 30.5 Å². The Morgan fingerprint density at radius 1 is 1.19 bits per heavy atom. The van der Waals surface area contributed by atoms with Crippen molar-refractivity contribution in [1.29, 1.82) is 0 Å². The van der Waals surface area contributed by atoms with Crippen molar-refractivity contribution in [2.24, 2.45) is 4.99 Å². The van der Waals surface area contributed by atoms with E-state index in [9.17, 15) is 0 Å². The number of hydrogen-bond donors (Lipinski definition) is 2. The second-order valence-corrected chi connectivity index (χ2v) is 7.08. The third kappa shape index (κ3) is 6.40. The van der Waals surface area contributed by atoms with E-state index < -0.39 is 0 Å². The maximum absolute atomic E-state index is 5.63. The van der Waals surface area contributed by atoms with Crippen LogP contribution in [0, 0.1) is 13.8 Å². The molecule has 0 aliphatic heterocycles. The van der Waals surface area contributed by atoms with Gasteiger partial charge in [0.2, 0.25) is 5.89 Å². The van der Waals surface area contributed by atoms with Crippen molar-refractivity contribution in [3.63, 3.8) is 0 Å². The number of nitrogens with one attached hydrogen (secondary N) is 2. The SMILES string of the molecule is CCNC(=NCc1ccccc1CN(C)C(C)C)NCc1nc(C)c(C)o1. The van der Waals surface area contributed by atoms with Crippen LogP contribution >= 0.6 is 0 Å². The predicted molar refractivity (Wildman–Crippen MR) is 111 cm³/mol. The van der Waals surface area contributed by atoms with Gasteiger partial charge in [-0.2, -0.15) is 0 Å². The van der Waals surface area contributed by atoms with Gasteiger partial charge in [-0.05, 0) is 52.8 Å². The number of oxazole rings is 1. The molecule has 0 atom stereocenters. The molecule has 0 spiro atoms. The van der Waals surface area contributed by atoms with Crippen LogP contribution < -0.4 is 10.6 Å². The maximum atomic E-state index is 5.63. The summed E-state index contributed by atoms with van der Waals surface area (Å²) in [7, 11) is 2.15. The Morgan fingerprint density at radius 3 is 2.48 bits per heavy atom. The highest BCUT2D eigenvalue weighted by Crippen LogP contribution is 2.14. The van der Waals surface area contributed by atoms with Gasteiger partial charge in [-0.1, -0.05) is 24.3 Å². The van der Waals surface area contributed by atoms with Gasteiger partial charge in [0.25, 0.3) is 0 Å². The lowest BCUT2D eigenvalue weighted by Gasteiger charge is -2.22. The topological polar surface area (TPSA) is 65.7 Å². The lowest BCUT2D eigenvalue weighted by atomic mass is 10.1. The number of nitrogens with zero attached hydrogens (tertiary/aromatic N) is 3. The zero-order valence-corrected chi connectivity index (χ0v) is 17.5. The van der Waals surface area contributed by atoms with Crippen molar-refractivity contribution < 1.29 is 4.42 Å². The summed E-state index contributed by atoms with van der Waals surface area (Å²) in [6.45, 7) is 13.2. The lowest BCUT2D eigenvalue weighted by Crippen LogP contribution is -2.36. The van der Waals surface area contributed by atoms with Crippen LogP contribution in [0.4, 0.5) is 0 Å². The number of guanidine groups is 1. The Bertz CT molecular complexity index is 731. The molecule has 1 aromatic carbocycles. The highest BCUT2D eigenvalue weighted by Gasteiger charge is 2.09. The van der Waals surface area contributed by atoms with Gasteiger partial charge >= 0.3 is 0 Å². The van der Waals surface area contributed by atoms with Gasteiger partial charge in [0.05, 0.1) is 18.8 Å². The van der Waals surface area contributed by atoms with E-state index >= 15 is 0 Å². The van der Waals surface area contributed by atoms with Crippen LogP contribution in [-0.4, -0.2) is 35.5 Å². The summed E-state index contributed by atoms with van der Waals surface area (Å²) in [6.07, 6.45) is 0. The second-order valence-electron chi connectivity index (χ2n) is 7.08. The molecule has 6 heteroatoms. The Morgan fingerprint density at radius 2 is 1.89 bits per heavy atom. The minimum absolute atomic E-state index is 0.508. The van der Waals surface area contributed by atoms with Crippen LogP contribution in [0.15, 0.2) is 33.7 Å². The zero-order chi connectivity index (χ0) is 19.8. The fourth-order valence-corrected chi connectivity index (χ4v) is 2.60. The third-order valence-corrected chi connectivity index (χ3v) is 4.65. The first-order valence-corrected chi connectivity index (χ1v) is 9.62. The molecule has 0 fully saturated rings. The molecule has 1 heterocycles. The molecule has 0 amide bonds. The molecule has 2 rings (SSSR count). The third-order valence-electron chi connectivity index (χ3n) is 4.65. The van der Waals surface area contributed by atoms with Crippen LogP contribution in [0.5, 0.6) is 0 Å². The molecule has 2 N–H and O–H groups in total. The quantitative estimate of drug-likeness (QED) is 0.550. The molecule has 1 aromatic heterocycles. The van der Waals surface area contributed by atoms with E-state index in [-0.39, 0.29) is 0 Å². The average Bonchev–Trinajstić information content (AvgIpc) is 2.96. The monoisotopic (exact) mass is 371 g/mol. The molecule has 0 aliphatic rings. The van der Waals surface area contributed by atoms with Gasteiger partial charge in [-0.3, -0.25) is 4.90 Å². The van der Waals surface area contributed by atoms with Crippen molar-refractivity contribution >= 4 is 5.96 Å². The minimum Gasteiger partial charge on any atom is -0.444 e. The standard InChI is InChI=1S/C21H33N5O/c1-7-22-21(24-13-20-25-16(4)17(5)27-20)23-12-18-10-8-9-11-19(18)14-26(6)15(2)3/h8-11,15H,7,12-14H2,1-6H3,(H2,22,23,24). The van der Waals surface area contributed by atoms with Gasteiger partial charge in [-0.15, -0.1) is 0 Å². The summed E-state index contributed by atoms with van der Waals surface area (Å²) in [5.74, 6) is 2.30. The molecule has 0 radical (unpaired) electrons. The summed E-state index contributed by atoms with van der Waals surface area (Å²) in [5, 5.41) is 6.58. The normalized spacial score (nSPS) is 12.1. The van der Waals surface area contributed by atoms with Gasteiger partial charge in [0, 0.05) is 19.1 Å². The summed E-state index contributed by atoms with van der Waals surface area (Å²) < 4.78 is 5.63. The van der Waals surface area contributed by atoms with Crippen molar-refractivity contribution in [3.8, 4) is 0 Å². The van der Waals surface area contributed by atoms with E-state index in [4.69, 9.17) is 9.41 Å². The highest BCUT2D eigenvalue weighted by molar-refractivity contribution is 5.79. The van der Waals surface area contributed by atoms with E-state index in [1.54, 1.807) is 0 Å². The molecule has 0 aliphatic carbocycles. The van der Waals surface area contributed by atoms with Gasteiger partial charge < -0.3 is 15.1 Å². The minimum atomic E-state index is 0.508. The first-order valence-electron chi connectivity index (χ1n) is 9.62. The fraction of sp³-hybridized carbons (Fsp3) is 0.524. The van der Waals surface area contributed by atoms with Crippen molar-refractivity contribution in [2.75, 3.05) is 13.6 Å². The molecular formula is C21H33N5O. The lowest BCUT2D eigenvalue weighted by molar-refractivity contribution is 0.265. The number of benzene rings is 1. The zero-order valence-electron chi connectivity index (χ0n) is 17.5. The van der Waals surface area contributed by atoms with E-state index in [1.807, 2.05) is 13.8 Å². The number of rotatable bonds is 8. The van der Waals surface area contributed by atoms with Crippen LogP contribution in [0.2, 0.25) is 0 Å². The molecule has 27 heavy (non-hydrogen) atoms. The van der Waals surface area contributed by atoms with Crippen LogP contribution in [0.1, 0.15) is 49.2 Å². The Kier molecular flexibility index (Phi) is 7.85. The van der Waals surface area contributed by atoms with Gasteiger partial charge in [0.1, 0.15) is 5.76 Å². The fourth-order valence-electron chi connectivity index (χ4n) is 2.60. The largest absolute Gasteiger partial charge is 0.444 e. The molecule has 6 nitrogen and oxygen atoms in total. The summed E-state index contributed by atoms with van der Waals surface area (Å²) in [5.41, 5.74) is 3.48. The van der Waals surface area contributed by atoms with Crippen molar-refractivity contribution in [2.45, 2.75) is 60.3 Å². The molecular weight excluding hydrogens is 338 g/mol. The second kappa shape index (κ2) is 10.1. The number of aliphatic imine (C=N–C) groups is 1. The highest BCUT2D eigenvalue weighted by atomic mass is 16.4. The van der Waals surface area contributed by atoms with Crippen LogP contribution in [0.3, 0.4) is 0 Å². The molecule has 0 saturated carbocycles. The summed E-state index contributed by atoms with van der Waals surface area (Å²) in [6, 6.07) is 9.00. The van der Waals surface area contributed by atoms with E-state index in [0.29, 0.717) is 25.0 Å². The smallest absolute Gasteiger partial charge is 0.214 e. The Hall–Kier alpha value is -2.34. The van der Waals surface area contributed by atoms with Crippen LogP contribution in [0.25, 0.3) is 0 Å².